The first-order valence-corrected chi connectivity index (χ1v) is 24.7. The number of ether oxygens (including phenoxy) is 9. The zero-order valence-corrected chi connectivity index (χ0v) is 45.3. The van der Waals surface area contributed by atoms with Gasteiger partial charge in [0.05, 0.1) is 27.8 Å². The van der Waals surface area contributed by atoms with Gasteiger partial charge in [-0.15, -0.1) is 0 Å². The number of phenols is 12. The summed E-state index contributed by atoms with van der Waals surface area (Å²) in [6, 6.07) is 5.33. The van der Waals surface area contributed by atoms with Gasteiger partial charge in [-0.25, -0.2) is 33.6 Å². The SMILES string of the molecule is C=C(O)/C(O)=C(O)\C=C\C(=O)Oc1cc(C(=O)OC[C@H]2O[C@@H](OC(=O)c3cc(O)c(O)c(OC(=O)c4cc(O)c(O)c(O)c4)c3)[C@H](O)[C@@H](OC(=O)/C=C/C(O)C(O)C(=C)OC=O)[C@@H]2OC(=O)c2cc(O)c(O)c(OC(=O)c3cc(O)c(O)c(O)c3)c2)cc(O)c1O. The minimum absolute atomic E-state index is 0.188. The third-order valence-electron chi connectivity index (χ3n) is 12.0. The smallest absolute Gasteiger partial charge is 0.343 e. The molecule has 18 N–H and O–H groups in total. The molecule has 1 saturated heterocycles. The first-order chi connectivity index (χ1) is 42.7. The Hall–Kier alpha value is -12.6. The predicted octanol–water partition coefficient (Wildman–Crippen LogP) is 1.65. The Morgan fingerprint density at radius 1 is 0.495 bits per heavy atom. The van der Waals surface area contributed by atoms with Crippen molar-refractivity contribution >= 4 is 48.3 Å². The highest BCUT2D eigenvalue weighted by Crippen LogP contribution is 2.43. The standard InChI is InChI=1S/C56H46O35/c1-19(58)41(70)26(59)3-5-39(68)85-35-14-23(11-32(65)45(35)74)51(78)83-17-38-49(90-54(81)24-12-33(66)46(75)36(15-24)86-52(79)21-7-28(61)43(72)29(62)8-21)50(89-40(69)6-4-27(60)42(71)20(2)84-18-57)48(77)56(88-38)91-55(82)25-13-34(67)47(76)37(16-25)87-53(80)22-9-30(63)44(73)31(64)10-22/h3-16,18,27,38,42,48-50,56,58-67,70-77H,1-2,17H2/b5-3+,6-4+,41-26-/t27?,38-,42?,48-,49-,50-,56+/m1/s1. The van der Waals surface area contributed by atoms with E-state index < -0.39 is 228 Å². The van der Waals surface area contributed by atoms with E-state index in [-0.39, 0.29) is 6.47 Å². The second-order valence-electron chi connectivity index (χ2n) is 18.3. The molecule has 0 aliphatic carbocycles. The summed E-state index contributed by atoms with van der Waals surface area (Å²) in [6.07, 6.45) is -15.4. The van der Waals surface area contributed by atoms with E-state index in [0.717, 1.165) is 0 Å². The highest BCUT2D eigenvalue weighted by molar-refractivity contribution is 5.97. The summed E-state index contributed by atoms with van der Waals surface area (Å²) in [4.78, 5) is 105. The van der Waals surface area contributed by atoms with E-state index in [1.54, 1.807) is 0 Å². The lowest BCUT2D eigenvalue weighted by Crippen LogP contribution is -2.62. The van der Waals surface area contributed by atoms with Crippen LogP contribution in [0.15, 0.2) is 121 Å². The first kappa shape index (κ1) is 67.5. The first-order valence-electron chi connectivity index (χ1n) is 24.7. The van der Waals surface area contributed by atoms with E-state index in [2.05, 4.69) is 17.9 Å². The fourth-order valence-corrected chi connectivity index (χ4v) is 7.43. The third kappa shape index (κ3) is 16.1. The lowest BCUT2D eigenvalue weighted by atomic mass is 9.98. The van der Waals surface area contributed by atoms with Crippen molar-refractivity contribution in [3.05, 3.63) is 149 Å². The van der Waals surface area contributed by atoms with Crippen molar-refractivity contribution in [3.8, 4) is 86.2 Å². The van der Waals surface area contributed by atoms with Crippen LogP contribution in [0.2, 0.25) is 0 Å². The maximum Gasteiger partial charge on any atom is 0.343 e. The molecule has 0 spiro atoms. The normalized spacial score (nSPS) is 17.1. The Kier molecular flexibility index (Phi) is 21.0. The van der Waals surface area contributed by atoms with Gasteiger partial charge in [0.25, 0.3) is 6.47 Å². The Morgan fingerprint density at radius 2 is 0.901 bits per heavy atom. The second-order valence-corrected chi connectivity index (χ2v) is 18.3. The number of carbonyl (C=O) groups is 8. The molecule has 0 amide bonds. The maximum absolute atomic E-state index is 14.3. The van der Waals surface area contributed by atoms with Crippen LogP contribution < -0.4 is 14.2 Å². The van der Waals surface area contributed by atoms with Gasteiger partial charge >= 0.3 is 41.8 Å². The average Bonchev–Trinajstić information content (AvgIpc) is 0.984. The topological polar surface area (TPSA) is 584 Å². The molecule has 0 bridgehead atoms. The summed E-state index contributed by atoms with van der Waals surface area (Å²) in [6.45, 7) is 4.56. The van der Waals surface area contributed by atoms with E-state index in [1.165, 1.54) is 0 Å². The van der Waals surface area contributed by atoms with Crippen LogP contribution in [0.3, 0.4) is 0 Å². The van der Waals surface area contributed by atoms with Crippen LogP contribution in [0, 0.1) is 0 Å². The average molecular weight is 1280 g/mol. The van der Waals surface area contributed by atoms with Crippen LogP contribution in [-0.2, 0) is 42.8 Å². The molecular weight excluding hydrogens is 1230 g/mol. The molecule has 35 heteroatoms. The van der Waals surface area contributed by atoms with Gasteiger partial charge in [-0.05, 0) is 72.8 Å². The zero-order valence-electron chi connectivity index (χ0n) is 45.3. The highest BCUT2D eigenvalue weighted by Gasteiger charge is 2.52. The molecule has 6 rings (SSSR count). The zero-order chi connectivity index (χ0) is 67.6. The molecule has 1 aliphatic heterocycles. The monoisotopic (exact) mass is 1280 g/mol. The number of phenolic OH excluding ortho intramolecular Hbond substituents is 12. The molecule has 35 nitrogen and oxygen atoms in total. The van der Waals surface area contributed by atoms with Crippen molar-refractivity contribution < 1.29 is 173 Å². The number of esters is 7. The Labute approximate surface area is 504 Å². The van der Waals surface area contributed by atoms with Gasteiger partial charge in [0, 0.05) is 12.2 Å². The Bertz CT molecular complexity index is 3830. The van der Waals surface area contributed by atoms with Crippen LogP contribution in [0.4, 0.5) is 0 Å². The Morgan fingerprint density at radius 3 is 1.34 bits per heavy atom. The number of allylic oxidation sites excluding steroid dienone is 1. The molecule has 5 aromatic rings. The van der Waals surface area contributed by atoms with Crippen LogP contribution in [-0.4, -0.2) is 190 Å². The van der Waals surface area contributed by atoms with Crippen LogP contribution in [0.1, 0.15) is 51.8 Å². The van der Waals surface area contributed by atoms with Gasteiger partial charge in [-0.3, -0.25) is 4.79 Å². The van der Waals surface area contributed by atoms with Crippen LogP contribution in [0.25, 0.3) is 0 Å². The summed E-state index contributed by atoms with van der Waals surface area (Å²) >= 11 is 0. The third-order valence-corrected chi connectivity index (χ3v) is 12.0. The van der Waals surface area contributed by atoms with Crippen molar-refractivity contribution in [1.29, 1.82) is 0 Å². The van der Waals surface area contributed by atoms with E-state index in [4.69, 9.17) is 37.9 Å². The number of aromatic hydroxyl groups is 12. The van der Waals surface area contributed by atoms with Gasteiger partial charge < -0.3 is 135 Å². The second kappa shape index (κ2) is 28.3. The van der Waals surface area contributed by atoms with E-state index in [1.807, 2.05) is 0 Å². The van der Waals surface area contributed by atoms with E-state index >= 15 is 0 Å². The van der Waals surface area contributed by atoms with Gasteiger partial charge in [-0.1, -0.05) is 13.2 Å². The highest BCUT2D eigenvalue weighted by atomic mass is 16.7. The molecule has 91 heavy (non-hydrogen) atoms. The predicted molar refractivity (Wildman–Crippen MR) is 288 cm³/mol. The molecular formula is C56H46O35. The van der Waals surface area contributed by atoms with Gasteiger partial charge in [0.15, 0.2) is 105 Å². The molecule has 0 radical (unpaired) electrons. The quantitative estimate of drug-likeness (QED) is 0.00684. The Balaban J connectivity index is 1.42. The molecule has 0 aromatic heterocycles. The maximum atomic E-state index is 14.3. The van der Waals surface area contributed by atoms with Gasteiger partial charge in [-0.2, -0.15) is 0 Å². The molecule has 480 valence electrons. The summed E-state index contributed by atoms with van der Waals surface area (Å²) < 4.78 is 46.7. The summed E-state index contributed by atoms with van der Waals surface area (Å²) in [5, 5.41) is 184. The van der Waals surface area contributed by atoms with Crippen molar-refractivity contribution in [2.24, 2.45) is 0 Å². The molecule has 0 saturated carbocycles. The van der Waals surface area contributed by atoms with Crippen molar-refractivity contribution in [2.45, 2.75) is 42.9 Å². The molecule has 1 fully saturated rings. The van der Waals surface area contributed by atoms with E-state index in [0.29, 0.717) is 85.0 Å². The fourth-order valence-electron chi connectivity index (χ4n) is 7.43. The minimum Gasteiger partial charge on any atom is -0.505 e. The number of benzene rings is 5. The lowest BCUT2D eigenvalue weighted by molar-refractivity contribution is -0.286. The van der Waals surface area contributed by atoms with Crippen molar-refractivity contribution in [1.82, 2.24) is 0 Å². The molecule has 1 aliphatic rings. The summed E-state index contributed by atoms with van der Waals surface area (Å²) in [5.74, 6) is -32.4. The van der Waals surface area contributed by atoms with Gasteiger partial charge in [0.2, 0.25) is 23.5 Å². The minimum atomic E-state index is -2.72. The number of aliphatic hydroxyl groups excluding tert-OH is 6. The number of carbonyl (C=O) groups excluding carboxylic acids is 8. The number of hydrogen-bond donors (Lipinski definition) is 18. The van der Waals surface area contributed by atoms with Crippen LogP contribution in [0.5, 0.6) is 86.2 Å². The number of rotatable bonds is 22. The molecule has 2 unspecified atom stereocenters. The summed E-state index contributed by atoms with van der Waals surface area (Å²) in [5.41, 5.74) is -4.12. The van der Waals surface area contributed by atoms with E-state index in [9.17, 15) is 130 Å². The lowest BCUT2D eigenvalue weighted by Gasteiger charge is -2.42. The van der Waals surface area contributed by atoms with Crippen LogP contribution >= 0.6 is 0 Å². The fraction of sp³-hybridized carbons (Fsp3) is 0.143. The molecule has 1 heterocycles. The van der Waals surface area contributed by atoms with Crippen molar-refractivity contribution in [3.63, 3.8) is 0 Å². The van der Waals surface area contributed by atoms with Gasteiger partial charge in [0.1, 0.15) is 30.7 Å². The summed E-state index contributed by atoms with van der Waals surface area (Å²) in [7, 11) is 0. The largest absolute Gasteiger partial charge is 0.505 e. The van der Waals surface area contributed by atoms with Crippen molar-refractivity contribution in [2.75, 3.05) is 6.61 Å². The molecule has 7 atom stereocenters. The number of hydrogen-bond acceptors (Lipinski definition) is 35. The molecule has 5 aromatic carbocycles. The number of aliphatic hydroxyl groups is 6.